The summed E-state index contributed by atoms with van der Waals surface area (Å²) in [6.45, 7) is 0. The second-order valence-corrected chi connectivity index (χ2v) is 13.3. The Labute approximate surface area is 285 Å². The number of aromatic nitrogens is 4. The summed E-state index contributed by atoms with van der Waals surface area (Å²) in [7, 11) is 0. The van der Waals surface area contributed by atoms with Crippen LogP contribution in [0.15, 0.2) is 158 Å². The van der Waals surface area contributed by atoms with E-state index in [0.29, 0.717) is 5.95 Å². The molecule has 0 aliphatic heterocycles. The predicted octanol–water partition coefficient (Wildman–Crippen LogP) is 11.9. The van der Waals surface area contributed by atoms with Crippen LogP contribution in [0.2, 0.25) is 0 Å². The monoisotopic (exact) mass is 634 g/mol. The van der Waals surface area contributed by atoms with Gasteiger partial charge in [-0.2, -0.15) is 0 Å². The van der Waals surface area contributed by atoms with Gasteiger partial charge in [-0.1, -0.05) is 121 Å². The zero-order valence-corrected chi connectivity index (χ0v) is 26.8. The number of hydrogen-bond donors (Lipinski definition) is 0. The van der Waals surface area contributed by atoms with Gasteiger partial charge in [0.15, 0.2) is 0 Å². The van der Waals surface area contributed by atoms with Gasteiger partial charge in [-0.25, -0.2) is 9.97 Å². The quantitative estimate of drug-likeness (QED) is 0.177. The molecule has 50 heavy (non-hydrogen) atoms. The molecular formula is C46H26N4. The Morgan fingerprint density at radius 1 is 0.380 bits per heavy atom. The van der Waals surface area contributed by atoms with Crippen molar-refractivity contribution in [3.8, 4) is 17.2 Å². The Hall–Kier alpha value is -6.78. The number of nitrogens with zero attached hydrogens (tertiary/aromatic N) is 4. The molecule has 0 unspecified atom stereocenters. The molecule has 12 aromatic rings. The van der Waals surface area contributed by atoms with Crippen LogP contribution in [-0.2, 0) is 0 Å². The normalized spacial score (nSPS) is 12.4. The van der Waals surface area contributed by atoms with E-state index in [0.717, 1.165) is 33.2 Å². The van der Waals surface area contributed by atoms with Gasteiger partial charge in [-0.05, 0) is 63.3 Å². The fourth-order valence-electron chi connectivity index (χ4n) is 8.81. The zero-order chi connectivity index (χ0) is 32.5. The van der Waals surface area contributed by atoms with Crippen LogP contribution in [0.4, 0.5) is 0 Å². The van der Waals surface area contributed by atoms with Crippen LogP contribution in [0, 0.1) is 0 Å². The van der Waals surface area contributed by atoms with Gasteiger partial charge in [0.2, 0.25) is 5.95 Å². The molecule has 0 N–H and O–H groups in total. The minimum atomic E-state index is 0.670. The molecule has 0 aliphatic carbocycles. The van der Waals surface area contributed by atoms with Crippen LogP contribution < -0.4 is 0 Å². The zero-order valence-electron chi connectivity index (χ0n) is 26.8. The molecule has 0 spiro atoms. The summed E-state index contributed by atoms with van der Waals surface area (Å²) in [5.74, 6) is 0.670. The van der Waals surface area contributed by atoms with E-state index in [1.807, 2.05) is 0 Å². The molecule has 4 nitrogen and oxygen atoms in total. The van der Waals surface area contributed by atoms with Crippen LogP contribution in [-0.4, -0.2) is 18.9 Å². The van der Waals surface area contributed by atoms with Crippen molar-refractivity contribution in [3.63, 3.8) is 0 Å². The van der Waals surface area contributed by atoms with Crippen LogP contribution in [0.3, 0.4) is 0 Å². The Kier molecular flexibility index (Phi) is 4.94. The van der Waals surface area contributed by atoms with Crippen LogP contribution in [0.5, 0.6) is 0 Å². The lowest BCUT2D eigenvalue weighted by Gasteiger charge is -2.15. The largest absolute Gasteiger partial charge is 0.308 e. The molecule has 0 fully saturated rings. The van der Waals surface area contributed by atoms with E-state index < -0.39 is 0 Å². The smallest absolute Gasteiger partial charge is 0.235 e. The second-order valence-electron chi connectivity index (χ2n) is 13.3. The van der Waals surface area contributed by atoms with Gasteiger partial charge in [0.25, 0.3) is 0 Å². The molecule has 8 aromatic carbocycles. The molecule has 4 aromatic heterocycles. The van der Waals surface area contributed by atoms with E-state index in [-0.39, 0.29) is 0 Å². The van der Waals surface area contributed by atoms with E-state index in [4.69, 9.17) is 9.97 Å². The van der Waals surface area contributed by atoms with E-state index in [2.05, 4.69) is 167 Å². The molecule has 0 atom stereocenters. The fourth-order valence-corrected chi connectivity index (χ4v) is 8.81. The molecule has 0 radical (unpaired) electrons. The summed E-state index contributed by atoms with van der Waals surface area (Å²) < 4.78 is 4.77. The van der Waals surface area contributed by atoms with Gasteiger partial charge in [0.1, 0.15) is 0 Å². The highest BCUT2D eigenvalue weighted by molar-refractivity contribution is 6.33. The van der Waals surface area contributed by atoms with Crippen molar-refractivity contribution in [1.29, 1.82) is 0 Å². The third kappa shape index (κ3) is 3.25. The standard InChI is InChI=1S/C46H26N4/c1-2-13-28-27(12-1)26-36(30-15-4-3-14-29(28)30)44-35-18-5-8-20-37(35)47-46(48-44)50-40-23-11-19-33-31-16-6-9-21-38(31)49-39-22-10-7-17-32(39)34-24-25-41(50)43(42(33)40)45(34)49/h1-26H. The van der Waals surface area contributed by atoms with E-state index >= 15 is 0 Å². The van der Waals surface area contributed by atoms with Crippen LogP contribution >= 0.6 is 0 Å². The minimum Gasteiger partial charge on any atom is -0.308 e. The molecule has 4 heterocycles. The molecule has 0 aliphatic rings. The van der Waals surface area contributed by atoms with Gasteiger partial charge in [-0.3, -0.25) is 4.57 Å². The predicted molar refractivity (Wildman–Crippen MR) is 209 cm³/mol. The number of rotatable bonds is 2. The average molecular weight is 635 g/mol. The van der Waals surface area contributed by atoms with E-state index in [9.17, 15) is 0 Å². The van der Waals surface area contributed by atoms with Crippen molar-refractivity contribution in [2.24, 2.45) is 0 Å². The Morgan fingerprint density at radius 2 is 0.980 bits per heavy atom. The molecule has 0 amide bonds. The van der Waals surface area contributed by atoms with E-state index in [1.54, 1.807) is 0 Å². The van der Waals surface area contributed by atoms with Gasteiger partial charge < -0.3 is 4.40 Å². The van der Waals surface area contributed by atoms with Crippen molar-refractivity contribution < 1.29 is 0 Å². The minimum absolute atomic E-state index is 0.670. The Balaban J connectivity index is 1.28. The lowest BCUT2D eigenvalue weighted by Crippen LogP contribution is -2.03. The molecule has 230 valence electrons. The molecule has 4 heteroatoms. The summed E-state index contributed by atoms with van der Waals surface area (Å²) >= 11 is 0. The molecule has 0 bridgehead atoms. The van der Waals surface area contributed by atoms with Gasteiger partial charge in [0.05, 0.1) is 38.8 Å². The van der Waals surface area contributed by atoms with Crippen molar-refractivity contribution in [2.45, 2.75) is 0 Å². The first kappa shape index (κ1) is 26.2. The van der Waals surface area contributed by atoms with Crippen molar-refractivity contribution in [1.82, 2.24) is 18.9 Å². The molecule has 0 saturated heterocycles. The second kappa shape index (κ2) is 9.43. The topological polar surface area (TPSA) is 35.1 Å². The Bertz CT molecular complexity index is 3380. The highest BCUT2D eigenvalue weighted by Crippen LogP contribution is 2.45. The first-order valence-electron chi connectivity index (χ1n) is 17.1. The SMILES string of the molecule is c1ccc2c(c1)cc(-c1nc(-n3c4cccc5c6ccccc6n6c7ccccc7c7ccc3c(c54)c76)nc3ccccc13)c1ccccc12. The lowest BCUT2D eigenvalue weighted by atomic mass is 9.94. The maximum atomic E-state index is 5.55. The first-order valence-corrected chi connectivity index (χ1v) is 17.1. The van der Waals surface area contributed by atoms with E-state index in [1.165, 1.54) is 70.4 Å². The maximum Gasteiger partial charge on any atom is 0.235 e. The molecule has 0 saturated carbocycles. The summed E-state index contributed by atoms with van der Waals surface area (Å²) in [4.78, 5) is 10.9. The van der Waals surface area contributed by atoms with Gasteiger partial charge in [0, 0.05) is 37.9 Å². The summed E-state index contributed by atoms with van der Waals surface area (Å²) in [6, 6.07) is 56.9. The lowest BCUT2D eigenvalue weighted by molar-refractivity contribution is 1.01. The fraction of sp³-hybridized carbons (Fsp3) is 0. The number of para-hydroxylation sites is 3. The number of benzene rings is 8. The van der Waals surface area contributed by atoms with Crippen molar-refractivity contribution in [2.75, 3.05) is 0 Å². The van der Waals surface area contributed by atoms with Crippen molar-refractivity contribution in [3.05, 3.63) is 158 Å². The van der Waals surface area contributed by atoms with Crippen molar-refractivity contribution >= 4 is 92.3 Å². The van der Waals surface area contributed by atoms with Gasteiger partial charge in [-0.15, -0.1) is 0 Å². The third-order valence-electron chi connectivity index (χ3n) is 10.8. The molecule has 12 rings (SSSR count). The third-order valence-corrected chi connectivity index (χ3v) is 10.8. The first-order chi connectivity index (χ1) is 24.8. The average Bonchev–Trinajstić information content (AvgIpc) is 3.66. The summed E-state index contributed by atoms with van der Waals surface area (Å²) in [5, 5.41) is 13.3. The summed E-state index contributed by atoms with van der Waals surface area (Å²) in [5.41, 5.74) is 8.81. The highest BCUT2D eigenvalue weighted by atomic mass is 15.2. The van der Waals surface area contributed by atoms with Crippen LogP contribution in [0.25, 0.3) is 110 Å². The number of hydrogen-bond acceptors (Lipinski definition) is 2. The summed E-state index contributed by atoms with van der Waals surface area (Å²) in [6.07, 6.45) is 0. The number of fused-ring (bicyclic) bond motifs is 10. The maximum absolute atomic E-state index is 5.55. The highest BCUT2D eigenvalue weighted by Gasteiger charge is 2.24. The molecular weight excluding hydrogens is 609 g/mol. The van der Waals surface area contributed by atoms with Gasteiger partial charge >= 0.3 is 0 Å². The Morgan fingerprint density at radius 3 is 1.80 bits per heavy atom. The van der Waals surface area contributed by atoms with Crippen LogP contribution in [0.1, 0.15) is 0 Å².